The van der Waals surface area contributed by atoms with E-state index >= 15 is 0 Å². The van der Waals surface area contributed by atoms with Crippen molar-refractivity contribution in [1.29, 1.82) is 0 Å². The van der Waals surface area contributed by atoms with Crippen LogP contribution in [-0.4, -0.2) is 32.1 Å². The van der Waals surface area contributed by atoms with Crippen molar-refractivity contribution >= 4 is 17.2 Å². The summed E-state index contributed by atoms with van der Waals surface area (Å²) in [6.07, 6.45) is 2.17. The summed E-state index contributed by atoms with van der Waals surface area (Å²) in [5.74, 6) is 0.631. The van der Waals surface area contributed by atoms with E-state index in [1.807, 2.05) is 11.4 Å². The molecule has 88 valence electrons. The Morgan fingerprint density at radius 2 is 2.56 bits per heavy atom. The van der Waals surface area contributed by atoms with Gasteiger partial charge in [-0.05, 0) is 30.8 Å². The molecule has 1 fully saturated rings. The van der Waals surface area contributed by atoms with Crippen molar-refractivity contribution in [3.8, 4) is 5.75 Å². The summed E-state index contributed by atoms with van der Waals surface area (Å²) in [6, 6.07) is 2.06. The monoisotopic (exact) mass is 240 g/mol. The number of thiophene rings is 1. The van der Waals surface area contributed by atoms with Gasteiger partial charge in [-0.3, -0.25) is 4.79 Å². The first-order valence-corrected chi connectivity index (χ1v) is 6.32. The van der Waals surface area contributed by atoms with E-state index in [1.54, 1.807) is 7.11 Å². The Labute approximate surface area is 99.0 Å². The Hall–Kier alpha value is -1.07. The Morgan fingerprint density at radius 3 is 3.25 bits per heavy atom. The second kappa shape index (κ2) is 5.32. The molecule has 0 radical (unpaired) electrons. The van der Waals surface area contributed by atoms with Crippen molar-refractivity contribution in [2.45, 2.75) is 18.9 Å². The van der Waals surface area contributed by atoms with Crippen LogP contribution in [-0.2, 0) is 0 Å². The van der Waals surface area contributed by atoms with Crippen LogP contribution in [0.4, 0.5) is 0 Å². The first-order valence-electron chi connectivity index (χ1n) is 5.44. The summed E-state index contributed by atoms with van der Waals surface area (Å²) in [4.78, 5) is 12.6. The summed E-state index contributed by atoms with van der Waals surface area (Å²) in [5, 5.41) is 8.16. The lowest BCUT2D eigenvalue weighted by Crippen LogP contribution is -2.45. The van der Waals surface area contributed by atoms with Crippen LogP contribution in [0.5, 0.6) is 5.75 Å². The van der Waals surface area contributed by atoms with E-state index < -0.39 is 0 Å². The zero-order valence-electron chi connectivity index (χ0n) is 9.29. The molecule has 1 aromatic heterocycles. The molecular formula is C11H16N2O2S. The lowest BCUT2D eigenvalue weighted by atomic mass is 10.1. The Kier molecular flexibility index (Phi) is 3.79. The molecule has 0 aromatic carbocycles. The van der Waals surface area contributed by atoms with Crippen LogP contribution in [0.3, 0.4) is 0 Å². The summed E-state index contributed by atoms with van der Waals surface area (Å²) < 4.78 is 5.13. The van der Waals surface area contributed by atoms with E-state index in [-0.39, 0.29) is 11.9 Å². The highest BCUT2D eigenvalue weighted by molar-refractivity contribution is 7.12. The van der Waals surface area contributed by atoms with Crippen LogP contribution >= 0.6 is 11.3 Å². The predicted octanol–water partition coefficient (Wildman–Crippen LogP) is 1.24. The third-order valence-corrected chi connectivity index (χ3v) is 3.58. The van der Waals surface area contributed by atoms with Gasteiger partial charge in [0.25, 0.3) is 5.91 Å². The molecule has 0 spiro atoms. The van der Waals surface area contributed by atoms with Crippen molar-refractivity contribution in [3.05, 3.63) is 16.3 Å². The fourth-order valence-corrected chi connectivity index (χ4v) is 2.61. The summed E-state index contributed by atoms with van der Waals surface area (Å²) in [5.41, 5.74) is 0. The molecule has 1 saturated heterocycles. The van der Waals surface area contributed by atoms with Gasteiger partial charge in [-0.1, -0.05) is 0 Å². The number of hydrogen-bond donors (Lipinski definition) is 2. The van der Waals surface area contributed by atoms with Gasteiger partial charge in [0.2, 0.25) is 0 Å². The fourth-order valence-electron chi connectivity index (χ4n) is 1.85. The molecule has 2 N–H and O–H groups in total. The molecule has 2 heterocycles. The molecule has 1 atom stereocenters. The number of hydrogen-bond acceptors (Lipinski definition) is 4. The van der Waals surface area contributed by atoms with Gasteiger partial charge in [0, 0.05) is 12.6 Å². The average molecular weight is 240 g/mol. The topological polar surface area (TPSA) is 50.4 Å². The number of piperidine rings is 1. The third kappa shape index (κ3) is 2.54. The van der Waals surface area contributed by atoms with Crippen LogP contribution < -0.4 is 15.4 Å². The third-order valence-electron chi connectivity index (χ3n) is 2.69. The van der Waals surface area contributed by atoms with E-state index in [0.717, 1.165) is 25.9 Å². The summed E-state index contributed by atoms with van der Waals surface area (Å²) in [7, 11) is 1.58. The van der Waals surface area contributed by atoms with Crippen molar-refractivity contribution in [1.82, 2.24) is 10.6 Å². The Morgan fingerprint density at radius 1 is 1.69 bits per heavy atom. The number of carbonyl (C=O) groups excluding carboxylic acids is 1. The van der Waals surface area contributed by atoms with Crippen molar-refractivity contribution in [2.24, 2.45) is 0 Å². The van der Waals surface area contributed by atoms with Gasteiger partial charge in [-0.2, -0.15) is 0 Å². The number of nitrogens with one attached hydrogen (secondary N) is 2. The summed E-state index contributed by atoms with van der Waals surface area (Å²) >= 11 is 1.41. The highest BCUT2D eigenvalue weighted by Crippen LogP contribution is 2.24. The largest absolute Gasteiger partial charge is 0.495 e. The molecule has 1 aliphatic heterocycles. The van der Waals surface area contributed by atoms with Crippen LogP contribution in [0.15, 0.2) is 11.4 Å². The van der Waals surface area contributed by atoms with E-state index in [2.05, 4.69) is 10.6 Å². The number of rotatable bonds is 3. The Balaban J connectivity index is 1.96. The molecule has 1 aliphatic rings. The van der Waals surface area contributed by atoms with Gasteiger partial charge in [-0.25, -0.2) is 0 Å². The molecule has 1 unspecified atom stereocenters. The summed E-state index contributed by atoms with van der Waals surface area (Å²) in [6.45, 7) is 1.91. The standard InChI is InChI=1S/C11H16N2O2S/c1-15-9-4-6-16-10(9)11(14)13-8-3-2-5-12-7-8/h4,6,8,12H,2-3,5,7H2,1H3,(H,13,14). The molecule has 0 aliphatic carbocycles. The average Bonchev–Trinajstić information content (AvgIpc) is 2.78. The van der Waals surface area contributed by atoms with Gasteiger partial charge < -0.3 is 15.4 Å². The molecule has 16 heavy (non-hydrogen) atoms. The molecule has 1 amide bonds. The van der Waals surface area contributed by atoms with Crippen molar-refractivity contribution in [2.75, 3.05) is 20.2 Å². The fraction of sp³-hybridized carbons (Fsp3) is 0.545. The first kappa shape index (κ1) is 11.4. The molecule has 0 saturated carbocycles. The lowest BCUT2D eigenvalue weighted by molar-refractivity contribution is 0.0932. The SMILES string of the molecule is COc1ccsc1C(=O)NC1CCCNC1. The van der Waals surface area contributed by atoms with Gasteiger partial charge >= 0.3 is 0 Å². The van der Waals surface area contributed by atoms with Crippen LogP contribution in [0.1, 0.15) is 22.5 Å². The Bertz CT molecular complexity index is 359. The van der Waals surface area contributed by atoms with Gasteiger partial charge in [0.05, 0.1) is 7.11 Å². The highest BCUT2D eigenvalue weighted by atomic mass is 32.1. The molecule has 5 heteroatoms. The maximum absolute atomic E-state index is 11.9. The van der Waals surface area contributed by atoms with Crippen LogP contribution in [0.2, 0.25) is 0 Å². The number of amides is 1. The van der Waals surface area contributed by atoms with Crippen LogP contribution in [0, 0.1) is 0 Å². The zero-order valence-corrected chi connectivity index (χ0v) is 10.1. The number of ether oxygens (including phenoxy) is 1. The molecule has 0 bridgehead atoms. The van der Waals surface area contributed by atoms with Gasteiger partial charge in [0.1, 0.15) is 10.6 Å². The number of methoxy groups -OCH3 is 1. The highest BCUT2D eigenvalue weighted by Gasteiger charge is 2.19. The predicted molar refractivity (Wildman–Crippen MR) is 64.2 cm³/mol. The minimum atomic E-state index is -0.0273. The minimum absolute atomic E-state index is 0.0273. The van der Waals surface area contributed by atoms with E-state index in [1.165, 1.54) is 11.3 Å². The first-order chi connectivity index (χ1) is 7.81. The quantitative estimate of drug-likeness (QED) is 0.835. The maximum Gasteiger partial charge on any atom is 0.265 e. The molecule has 1 aromatic rings. The minimum Gasteiger partial charge on any atom is -0.495 e. The van der Waals surface area contributed by atoms with Gasteiger partial charge in [-0.15, -0.1) is 11.3 Å². The van der Waals surface area contributed by atoms with E-state index in [0.29, 0.717) is 10.6 Å². The second-order valence-corrected chi connectivity index (χ2v) is 4.75. The smallest absolute Gasteiger partial charge is 0.265 e. The van der Waals surface area contributed by atoms with E-state index in [9.17, 15) is 4.79 Å². The zero-order chi connectivity index (χ0) is 11.4. The van der Waals surface area contributed by atoms with Gasteiger partial charge in [0.15, 0.2) is 0 Å². The van der Waals surface area contributed by atoms with Crippen molar-refractivity contribution in [3.63, 3.8) is 0 Å². The number of carbonyl (C=O) groups is 1. The molecular weight excluding hydrogens is 224 g/mol. The molecule has 2 rings (SSSR count). The molecule has 4 nitrogen and oxygen atoms in total. The normalized spacial score (nSPS) is 20.4. The van der Waals surface area contributed by atoms with Crippen LogP contribution in [0.25, 0.3) is 0 Å². The lowest BCUT2D eigenvalue weighted by Gasteiger charge is -2.23. The second-order valence-electron chi connectivity index (χ2n) is 3.83. The van der Waals surface area contributed by atoms with Crippen molar-refractivity contribution < 1.29 is 9.53 Å². The maximum atomic E-state index is 11.9. The van der Waals surface area contributed by atoms with E-state index in [4.69, 9.17) is 4.74 Å².